The second-order valence-corrected chi connectivity index (χ2v) is 7.37. The van der Waals surface area contributed by atoms with E-state index in [1.54, 1.807) is 0 Å². The van der Waals surface area contributed by atoms with Gasteiger partial charge in [0.1, 0.15) is 0 Å². The molecule has 0 aliphatic rings. The van der Waals surface area contributed by atoms with Gasteiger partial charge in [-0.1, -0.05) is 13.8 Å². The number of hydrogen-bond acceptors (Lipinski definition) is 2. The Kier molecular flexibility index (Phi) is 4.19. The summed E-state index contributed by atoms with van der Waals surface area (Å²) >= 11 is 1.85. The maximum Gasteiger partial charge on any atom is 0.00965 e. The summed E-state index contributed by atoms with van der Waals surface area (Å²) in [5.74, 6) is 0. The summed E-state index contributed by atoms with van der Waals surface area (Å²) in [7, 11) is 0. The summed E-state index contributed by atoms with van der Waals surface area (Å²) in [6.07, 6.45) is 1.18. The van der Waals surface area contributed by atoms with E-state index in [0.717, 1.165) is 6.54 Å². The molecule has 1 nitrogen and oxygen atoms in total. The van der Waals surface area contributed by atoms with Gasteiger partial charge in [-0.15, -0.1) is 11.3 Å². The van der Waals surface area contributed by atoms with E-state index in [9.17, 15) is 0 Å². The molecule has 0 radical (unpaired) electrons. The van der Waals surface area contributed by atoms with Crippen molar-refractivity contribution in [2.24, 2.45) is 0 Å². The van der Waals surface area contributed by atoms with E-state index < -0.39 is 0 Å². The largest absolute Gasteiger partial charge is 0.312 e. The zero-order valence-corrected chi connectivity index (χ0v) is 12.3. The van der Waals surface area contributed by atoms with Crippen molar-refractivity contribution in [1.82, 2.24) is 5.32 Å². The van der Waals surface area contributed by atoms with Crippen molar-refractivity contribution in [2.45, 2.75) is 58.9 Å². The van der Waals surface area contributed by atoms with Crippen LogP contribution in [-0.4, -0.2) is 12.1 Å². The third-order valence-electron chi connectivity index (χ3n) is 2.92. The predicted molar refractivity (Wildman–Crippen MR) is 74.5 cm³/mol. The Hall–Kier alpha value is -0.340. The summed E-state index contributed by atoms with van der Waals surface area (Å²) in [6, 6.07) is 2.32. The van der Waals surface area contributed by atoms with Gasteiger partial charge < -0.3 is 5.32 Å². The quantitative estimate of drug-likeness (QED) is 0.833. The molecule has 92 valence electrons. The Morgan fingerprint density at radius 2 is 1.81 bits per heavy atom. The first-order valence-electron chi connectivity index (χ1n) is 6.01. The highest BCUT2D eigenvalue weighted by molar-refractivity contribution is 7.10. The van der Waals surface area contributed by atoms with Gasteiger partial charge in [-0.3, -0.25) is 0 Å². The molecular formula is C14H25NS. The normalized spacial score (nSPS) is 13.1. The maximum absolute atomic E-state index is 3.56. The van der Waals surface area contributed by atoms with E-state index in [1.807, 2.05) is 11.3 Å². The smallest absolute Gasteiger partial charge is 0.00965 e. The molecule has 0 spiro atoms. The van der Waals surface area contributed by atoms with Crippen molar-refractivity contribution >= 4 is 11.3 Å². The lowest BCUT2D eigenvalue weighted by molar-refractivity contribution is 0.380. The van der Waals surface area contributed by atoms with Crippen LogP contribution >= 0.6 is 11.3 Å². The van der Waals surface area contributed by atoms with Crippen molar-refractivity contribution in [2.75, 3.05) is 6.54 Å². The highest BCUT2D eigenvalue weighted by atomic mass is 32.1. The van der Waals surface area contributed by atoms with Crippen molar-refractivity contribution in [3.05, 3.63) is 21.9 Å². The van der Waals surface area contributed by atoms with E-state index >= 15 is 0 Å². The predicted octanol–water partition coefficient (Wildman–Crippen LogP) is 4.11. The SMILES string of the molecule is Cc1cc(C(C)(C)CCNC(C)(C)C)cs1. The van der Waals surface area contributed by atoms with Crippen LogP contribution in [0.4, 0.5) is 0 Å². The van der Waals surface area contributed by atoms with Gasteiger partial charge in [0.15, 0.2) is 0 Å². The average Bonchev–Trinajstić information content (AvgIpc) is 2.49. The molecule has 0 saturated carbocycles. The molecule has 0 aliphatic heterocycles. The highest BCUT2D eigenvalue weighted by Gasteiger charge is 2.22. The van der Waals surface area contributed by atoms with Gasteiger partial charge in [-0.05, 0) is 63.1 Å². The van der Waals surface area contributed by atoms with Gasteiger partial charge in [0.25, 0.3) is 0 Å². The van der Waals surface area contributed by atoms with Gasteiger partial charge in [-0.2, -0.15) is 0 Å². The minimum Gasteiger partial charge on any atom is -0.312 e. The Labute approximate surface area is 104 Å². The second-order valence-electron chi connectivity index (χ2n) is 6.26. The zero-order chi connectivity index (χ0) is 12.4. The molecule has 0 atom stereocenters. The molecule has 1 heterocycles. The molecule has 16 heavy (non-hydrogen) atoms. The lowest BCUT2D eigenvalue weighted by Crippen LogP contribution is -2.38. The van der Waals surface area contributed by atoms with Gasteiger partial charge >= 0.3 is 0 Å². The minimum atomic E-state index is 0.223. The molecule has 2 heteroatoms. The summed E-state index contributed by atoms with van der Waals surface area (Å²) in [6.45, 7) is 14.6. The molecule has 1 aromatic rings. The topological polar surface area (TPSA) is 12.0 Å². The minimum absolute atomic E-state index is 0.223. The van der Waals surface area contributed by atoms with Crippen LogP contribution in [0.5, 0.6) is 0 Å². The summed E-state index contributed by atoms with van der Waals surface area (Å²) in [5, 5.41) is 5.86. The molecule has 1 N–H and O–H groups in total. The van der Waals surface area contributed by atoms with Crippen LogP contribution in [0.3, 0.4) is 0 Å². The van der Waals surface area contributed by atoms with Crippen LogP contribution in [0.25, 0.3) is 0 Å². The van der Waals surface area contributed by atoms with Crippen molar-refractivity contribution in [3.63, 3.8) is 0 Å². The van der Waals surface area contributed by atoms with Gasteiger partial charge in [0.05, 0.1) is 0 Å². The first-order chi connectivity index (χ1) is 7.21. The first-order valence-corrected chi connectivity index (χ1v) is 6.89. The van der Waals surface area contributed by atoms with Gasteiger partial charge in [0.2, 0.25) is 0 Å². The summed E-state index contributed by atoms with van der Waals surface area (Å²) in [5.41, 5.74) is 1.98. The molecule has 1 aromatic heterocycles. The fraction of sp³-hybridized carbons (Fsp3) is 0.714. The third-order valence-corrected chi connectivity index (χ3v) is 3.78. The fourth-order valence-corrected chi connectivity index (χ4v) is 2.59. The molecule has 1 rings (SSSR count). The Balaban J connectivity index is 2.52. The van der Waals surface area contributed by atoms with Crippen molar-refractivity contribution in [3.8, 4) is 0 Å². The lowest BCUT2D eigenvalue weighted by atomic mass is 9.83. The molecule has 0 saturated heterocycles. The summed E-state index contributed by atoms with van der Waals surface area (Å²) < 4.78 is 0. The van der Waals surface area contributed by atoms with Crippen molar-refractivity contribution in [1.29, 1.82) is 0 Å². The Bertz CT molecular complexity index is 331. The van der Waals surface area contributed by atoms with Crippen LogP contribution in [0.15, 0.2) is 11.4 Å². The molecule has 0 unspecified atom stereocenters. The van der Waals surface area contributed by atoms with E-state index in [1.165, 1.54) is 16.9 Å². The number of hydrogen-bond donors (Lipinski definition) is 1. The monoisotopic (exact) mass is 239 g/mol. The van der Waals surface area contributed by atoms with E-state index in [4.69, 9.17) is 0 Å². The first kappa shape index (κ1) is 13.7. The van der Waals surface area contributed by atoms with Crippen LogP contribution in [0.1, 0.15) is 51.5 Å². The number of thiophene rings is 1. The van der Waals surface area contributed by atoms with Gasteiger partial charge in [-0.25, -0.2) is 0 Å². The molecule has 0 aliphatic carbocycles. The van der Waals surface area contributed by atoms with Crippen LogP contribution in [0, 0.1) is 6.92 Å². The van der Waals surface area contributed by atoms with Crippen LogP contribution < -0.4 is 5.32 Å². The van der Waals surface area contributed by atoms with E-state index in [2.05, 4.69) is 58.3 Å². The molecular weight excluding hydrogens is 214 g/mol. The molecule has 0 fully saturated rings. The zero-order valence-electron chi connectivity index (χ0n) is 11.5. The van der Waals surface area contributed by atoms with E-state index in [-0.39, 0.29) is 11.0 Å². The second kappa shape index (κ2) is 4.89. The third kappa shape index (κ3) is 4.26. The number of aryl methyl sites for hydroxylation is 1. The molecule has 0 amide bonds. The maximum atomic E-state index is 3.56. The number of nitrogens with one attached hydrogen (secondary N) is 1. The van der Waals surface area contributed by atoms with E-state index in [0.29, 0.717) is 0 Å². The van der Waals surface area contributed by atoms with Crippen LogP contribution in [0.2, 0.25) is 0 Å². The summed E-state index contributed by atoms with van der Waals surface area (Å²) in [4.78, 5) is 1.41. The molecule has 0 aromatic carbocycles. The Morgan fingerprint density at radius 3 is 2.25 bits per heavy atom. The van der Waals surface area contributed by atoms with Crippen LogP contribution in [-0.2, 0) is 5.41 Å². The molecule has 0 bridgehead atoms. The number of rotatable bonds is 4. The van der Waals surface area contributed by atoms with Crippen molar-refractivity contribution < 1.29 is 0 Å². The lowest BCUT2D eigenvalue weighted by Gasteiger charge is -2.27. The van der Waals surface area contributed by atoms with Gasteiger partial charge in [0, 0.05) is 10.4 Å². The highest BCUT2D eigenvalue weighted by Crippen LogP contribution is 2.30. The average molecular weight is 239 g/mol. The fourth-order valence-electron chi connectivity index (χ4n) is 1.69. The Morgan fingerprint density at radius 1 is 1.19 bits per heavy atom. The standard InChI is InChI=1S/C14H25NS/c1-11-9-12(10-16-11)14(5,6)7-8-15-13(2,3)4/h9-10,15H,7-8H2,1-6H3.